The Balaban J connectivity index is 1.87. The monoisotopic (exact) mass is 272 g/mol. The number of nitrogens with zero attached hydrogens (tertiary/aromatic N) is 2. The van der Waals surface area contributed by atoms with Crippen molar-refractivity contribution in [1.82, 2.24) is 4.98 Å². The second kappa shape index (κ2) is 5.59. The van der Waals surface area contributed by atoms with Gasteiger partial charge in [-0.2, -0.15) is 0 Å². The lowest BCUT2D eigenvalue weighted by Gasteiger charge is -2.22. The van der Waals surface area contributed by atoms with Crippen molar-refractivity contribution < 1.29 is 9.50 Å². The third-order valence-corrected chi connectivity index (χ3v) is 3.84. The zero-order valence-corrected chi connectivity index (χ0v) is 11.2. The number of rotatable bonds is 2. The van der Waals surface area contributed by atoms with Crippen LogP contribution in [0.2, 0.25) is 0 Å². The normalized spacial score (nSPS) is 14.8. The molecule has 1 aliphatic rings. The average molecular weight is 272 g/mol. The van der Waals surface area contributed by atoms with Crippen molar-refractivity contribution in [3.63, 3.8) is 0 Å². The summed E-state index contributed by atoms with van der Waals surface area (Å²) in [7, 11) is 0. The molecule has 0 atom stereocenters. The van der Waals surface area contributed by atoms with Crippen LogP contribution in [0.5, 0.6) is 0 Å². The highest BCUT2D eigenvalue weighted by Crippen LogP contribution is 2.23. The van der Waals surface area contributed by atoms with Gasteiger partial charge in [0.2, 0.25) is 0 Å². The topological polar surface area (TPSA) is 36.4 Å². The Morgan fingerprint density at radius 3 is 2.35 bits per heavy atom. The second-order valence-electron chi connectivity index (χ2n) is 5.02. The molecule has 0 amide bonds. The standard InChI is InChI=1S/C16H17FN2O/c17-15-14(11-20)5-8-18-16(15)19-9-6-12-3-1-2-4-13(12)7-10-19/h1-5,8,20H,6-7,9-11H2. The number of benzene rings is 1. The van der Waals surface area contributed by atoms with Crippen molar-refractivity contribution in [1.29, 1.82) is 0 Å². The summed E-state index contributed by atoms with van der Waals surface area (Å²) >= 11 is 0. The van der Waals surface area contributed by atoms with Crippen LogP contribution >= 0.6 is 0 Å². The van der Waals surface area contributed by atoms with Crippen LogP contribution in [-0.2, 0) is 19.4 Å². The molecule has 2 heterocycles. The summed E-state index contributed by atoms with van der Waals surface area (Å²) < 4.78 is 14.3. The molecule has 0 fully saturated rings. The number of fused-ring (bicyclic) bond motifs is 1. The molecule has 4 heteroatoms. The first-order valence-electron chi connectivity index (χ1n) is 6.85. The minimum atomic E-state index is -0.402. The fourth-order valence-corrected chi connectivity index (χ4v) is 2.69. The number of pyridine rings is 1. The number of aromatic nitrogens is 1. The highest BCUT2D eigenvalue weighted by Gasteiger charge is 2.19. The maximum Gasteiger partial charge on any atom is 0.171 e. The van der Waals surface area contributed by atoms with Gasteiger partial charge in [0.05, 0.1) is 6.61 Å². The van der Waals surface area contributed by atoms with E-state index >= 15 is 0 Å². The third kappa shape index (κ3) is 2.39. The van der Waals surface area contributed by atoms with Gasteiger partial charge in [0.25, 0.3) is 0 Å². The quantitative estimate of drug-likeness (QED) is 0.911. The molecule has 0 spiro atoms. The van der Waals surface area contributed by atoms with Gasteiger partial charge in [-0.25, -0.2) is 9.37 Å². The summed E-state index contributed by atoms with van der Waals surface area (Å²) in [6.45, 7) is 1.20. The van der Waals surface area contributed by atoms with Crippen LogP contribution in [-0.4, -0.2) is 23.2 Å². The van der Waals surface area contributed by atoms with E-state index in [-0.39, 0.29) is 6.61 Å². The number of aliphatic hydroxyl groups excluding tert-OH is 1. The van der Waals surface area contributed by atoms with Crippen molar-refractivity contribution in [3.05, 3.63) is 59.0 Å². The van der Waals surface area contributed by atoms with E-state index in [1.54, 1.807) is 6.20 Å². The molecule has 0 bridgehead atoms. The van der Waals surface area contributed by atoms with Crippen molar-refractivity contribution in [2.45, 2.75) is 19.4 Å². The minimum absolute atomic E-state index is 0.296. The zero-order chi connectivity index (χ0) is 13.9. The summed E-state index contributed by atoms with van der Waals surface area (Å²) in [5.74, 6) is -0.0506. The summed E-state index contributed by atoms with van der Waals surface area (Å²) in [6, 6.07) is 9.87. The fourth-order valence-electron chi connectivity index (χ4n) is 2.69. The van der Waals surface area contributed by atoms with Crippen molar-refractivity contribution in [3.8, 4) is 0 Å². The zero-order valence-electron chi connectivity index (χ0n) is 11.2. The molecule has 1 aromatic heterocycles. The van der Waals surface area contributed by atoms with Crippen LogP contribution in [0.3, 0.4) is 0 Å². The molecule has 3 rings (SSSR count). The summed E-state index contributed by atoms with van der Waals surface area (Å²) in [5, 5.41) is 9.15. The molecular formula is C16H17FN2O. The Hall–Kier alpha value is -1.94. The van der Waals surface area contributed by atoms with E-state index in [1.807, 2.05) is 17.0 Å². The van der Waals surface area contributed by atoms with Crippen molar-refractivity contribution in [2.75, 3.05) is 18.0 Å². The molecule has 1 N–H and O–H groups in total. The van der Waals surface area contributed by atoms with Crippen LogP contribution < -0.4 is 4.90 Å². The van der Waals surface area contributed by atoms with E-state index in [9.17, 15) is 4.39 Å². The largest absolute Gasteiger partial charge is 0.392 e. The molecule has 20 heavy (non-hydrogen) atoms. The number of anilines is 1. The van der Waals surface area contributed by atoms with Gasteiger partial charge in [-0.15, -0.1) is 0 Å². The predicted molar refractivity (Wildman–Crippen MR) is 76.2 cm³/mol. The maximum atomic E-state index is 14.3. The number of halogens is 1. The molecule has 0 aliphatic carbocycles. The lowest BCUT2D eigenvalue weighted by molar-refractivity contribution is 0.275. The van der Waals surface area contributed by atoms with Gasteiger partial charge < -0.3 is 10.0 Å². The lowest BCUT2D eigenvalue weighted by Crippen LogP contribution is -2.28. The van der Waals surface area contributed by atoms with Gasteiger partial charge >= 0.3 is 0 Å². The molecule has 1 aromatic carbocycles. The molecular weight excluding hydrogens is 255 g/mol. The molecule has 3 nitrogen and oxygen atoms in total. The summed E-state index contributed by atoms with van der Waals surface area (Å²) in [6.07, 6.45) is 3.34. The molecule has 0 radical (unpaired) electrons. The minimum Gasteiger partial charge on any atom is -0.392 e. The van der Waals surface area contributed by atoms with Crippen molar-refractivity contribution >= 4 is 5.82 Å². The van der Waals surface area contributed by atoms with Gasteiger partial charge in [0.1, 0.15) is 0 Å². The fraction of sp³-hybridized carbons (Fsp3) is 0.312. The summed E-state index contributed by atoms with van der Waals surface area (Å²) in [5.41, 5.74) is 2.96. The van der Waals surface area contributed by atoms with E-state index in [1.165, 1.54) is 17.2 Å². The first-order valence-corrected chi connectivity index (χ1v) is 6.85. The van der Waals surface area contributed by atoms with E-state index in [2.05, 4.69) is 17.1 Å². The van der Waals surface area contributed by atoms with E-state index in [0.717, 1.165) is 25.9 Å². The maximum absolute atomic E-state index is 14.3. The van der Waals surface area contributed by atoms with Crippen LogP contribution in [0.25, 0.3) is 0 Å². The van der Waals surface area contributed by atoms with E-state index in [0.29, 0.717) is 11.4 Å². The average Bonchev–Trinajstić information content (AvgIpc) is 2.70. The Morgan fingerprint density at radius 2 is 1.75 bits per heavy atom. The Labute approximate surface area is 117 Å². The first-order chi connectivity index (χ1) is 9.79. The molecule has 0 saturated heterocycles. The predicted octanol–water partition coefficient (Wildman–Crippen LogP) is 2.32. The molecule has 2 aromatic rings. The van der Waals surface area contributed by atoms with Crippen molar-refractivity contribution in [2.24, 2.45) is 0 Å². The van der Waals surface area contributed by atoms with Gasteiger partial charge in [-0.1, -0.05) is 24.3 Å². The van der Waals surface area contributed by atoms with Crippen LogP contribution in [0.1, 0.15) is 16.7 Å². The second-order valence-corrected chi connectivity index (χ2v) is 5.02. The summed E-state index contributed by atoms with van der Waals surface area (Å²) in [4.78, 5) is 6.12. The van der Waals surface area contributed by atoms with Crippen LogP contribution in [0.4, 0.5) is 10.2 Å². The first kappa shape index (κ1) is 13.1. The Morgan fingerprint density at radius 1 is 1.10 bits per heavy atom. The number of hydrogen-bond donors (Lipinski definition) is 1. The molecule has 0 saturated carbocycles. The molecule has 104 valence electrons. The van der Waals surface area contributed by atoms with Gasteiger partial charge in [-0.3, -0.25) is 0 Å². The SMILES string of the molecule is OCc1ccnc(N2CCc3ccccc3CC2)c1F. The van der Waals surface area contributed by atoms with Gasteiger partial charge in [-0.05, 0) is 30.0 Å². The van der Waals surface area contributed by atoms with E-state index < -0.39 is 5.82 Å². The highest BCUT2D eigenvalue weighted by molar-refractivity contribution is 5.45. The lowest BCUT2D eigenvalue weighted by atomic mass is 10.0. The highest BCUT2D eigenvalue weighted by atomic mass is 19.1. The number of aliphatic hydroxyl groups is 1. The Bertz CT molecular complexity index is 588. The van der Waals surface area contributed by atoms with Gasteiger partial charge in [0.15, 0.2) is 11.6 Å². The molecule has 0 unspecified atom stereocenters. The van der Waals surface area contributed by atoms with Gasteiger partial charge in [0, 0.05) is 24.8 Å². The Kier molecular flexibility index (Phi) is 3.65. The van der Waals surface area contributed by atoms with E-state index in [4.69, 9.17) is 5.11 Å². The molecule has 1 aliphatic heterocycles. The van der Waals surface area contributed by atoms with Crippen LogP contribution in [0.15, 0.2) is 36.5 Å². The number of hydrogen-bond acceptors (Lipinski definition) is 3. The third-order valence-electron chi connectivity index (χ3n) is 3.84. The smallest absolute Gasteiger partial charge is 0.171 e. The van der Waals surface area contributed by atoms with Crippen LogP contribution in [0, 0.1) is 5.82 Å².